The SMILES string of the molecule is CN(C)C1CCN(CCNCc2cccs2)C1. The van der Waals surface area contributed by atoms with Gasteiger partial charge in [0.05, 0.1) is 0 Å². The summed E-state index contributed by atoms with van der Waals surface area (Å²) < 4.78 is 0. The number of likely N-dealkylation sites (N-methyl/N-ethyl adjacent to an activating group) is 1. The lowest BCUT2D eigenvalue weighted by Gasteiger charge is -2.20. The van der Waals surface area contributed by atoms with Crippen LogP contribution in [0.2, 0.25) is 0 Å². The summed E-state index contributed by atoms with van der Waals surface area (Å²) in [6.45, 7) is 5.77. The van der Waals surface area contributed by atoms with Crippen molar-refractivity contribution in [2.75, 3.05) is 40.3 Å². The van der Waals surface area contributed by atoms with Crippen molar-refractivity contribution in [3.05, 3.63) is 22.4 Å². The quantitative estimate of drug-likeness (QED) is 0.775. The monoisotopic (exact) mass is 253 g/mol. The highest BCUT2D eigenvalue weighted by atomic mass is 32.1. The van der Waals surface area contributed by atoms with Crippen molar-refractivity contribution in [1.29, 1.82) is 0 Å². The average Bonchev–Trinajstić information content (AvgIpc) is 2.96. The van der Waals surface area contributed by atoms with Gasteiger partial charge >= 0.3 is 0 Å². The van der Waals surface area contributed by atoms with Gasteiger partial charge in [-0.05, 0) is 38.5 Å². The van der Waals surface area contributed by atoms with Crippen LogP contribution in [0.4, 0.5) is 0 Å². The van der Waals surface area contributed by atoms with E-state index in [4.69, 9.17) is 0 Å². The number of thiophene rings is 1. The highest BCUT2D eigenvalue weighted by Gasteiger charge is 2.22. The normalized spacial score (nSPS) is 21.5. The topological polar surface area (TPSA) is 18.5 Å². The van der Waals surface area contributed by atoms with Crippen LogP contribution in [0.15, 0.2) is 17.5 Å². The van der Waals surface area contributed by atoms with Crippen LogP contribution in [0, 0.1) is 0 Å². The smallest absolute Gasteiger partial charge is 0.0300 e. The number of rotatable bonds is 6. The molecule has 1 aromatic heterocycles. The van der Waals surface area contributed by atoms with E-state index in [-0.39, 0.29) is 0 Å². The van der Waals surface area contributed by atoms with Crippen LogP contribution in [-0.4, -0.2) is 56.1 Å². The van der Waals surface area contributed by atoms with E-state index in [1.807, 2.05) is 11.3 Å². The van der Waals surface area contributed by atoms with E-state index < -0.39 is 0 Å². The van der Waals surface area contributed by atoms with Crippen LogP contribution >= 0.6 is 11.3 Å². The van der Waals surface area contributed by atoms with Crippen LogP contribution in [0.25, 0.3) is 0 Å². The molecule has 1 atom stereocenters. The second-order valence-corrected chi connectivity index (χ2v) is 6.00. The van der Waals surface area contributed by atoms with Crippen molar-refractivity contribution in [3.63, 3.8) is 0 Å². The van der Waals surface area contributed by atoms with Crippen LogP contribution in [0.3, 0.4) is 0 Å². The van der Waals surface area contributed by atoms with Gasteiger partial charge < -0.3 is 15.1 Å². The van der Waals surface area contributed by atoms with E-state index in [9.17, 15) is 0 Å². The molecule has 3 nitrogen and oxygen atoms in total. The highest BCUT2D eigenvalue weighted by molar-refractivity contribution is 7.09. The molecule has 0 spiro atoms. The van der Waals surface area contributed by atoms with Crippen molar-refractivity contribution in [3.8, 4) is 0 Å². The molecule has 4 heteroatoms. The molecule has 17 heavy (non-hydrogen) atoms. The van der Waals surface area contributed by atoms with Gasteiger partial charge in [-0.1, -0.05) is 6.07 Å². The van der Waals surface area contributed by atoms with E-state index in [0.717, 1.165) is 19.1 Å². The standard InChI is InChI=1S/C13H23N3S/c1-15(2)12-5-7-16(11-12)8-6-14-10-13-4-3-9-17-13/h3-4,9,12,14H,5-8,10-11H2,1-2H3. The van der Waals surface area contributed by atoms with Crippen LogP contribution in [0.5, 0.6) is 0 Å². The zero-order chi connectivity index (χ0) is 12.1. The van der Waals surface area contributed by atoms with Crippen LogP contribution in [0.1, 0.15) is 11.3 Å². The van der Waals surface area contributed by atoms with Gasteiger partial charge in [0.15, 0.2) is 0 Å². The Hall–Kier alpha value is -0.420. The number of hydrogen-bond donors (Lipinski definition) is 1. The first kappa shape index (κ1) is 13.0. The Morgan fingerprint density at radius 3 is 3.06 bits per heavy atom. The Kier molecular flexibility index (Phi) is 4.98. The molecule has 0 aromatic carbocycles. The maximum Gasteiger partial charge on any atom is 0.0300 e. The summed E-state index contributed by atoms with van der Waals surface area (Å²) in [7, 11) is 4.37. The van der Waals surface area contributed by atoms with Gasteiger partial charge in [-0.25, -0.2) is 0 Å². The summed E-state index contributed by atoms with van der Waals surface area (Å²) in [6.07, 6.45) is 1.32. The number of nitrogens with one attached hydrogen (secondary N) is 1. The molecule has 2 heterocycles. The Labute approximate surface area is 108 Å². The minimum Gasteiger partial charge on any atom is -0.311 e. The maximum atomic E-state index is 3.51. The van der Waals surface area contributed by atoms with Gasteiger partial charge in [0.25, 0.3) is 0 Å². The lowest BCUT2D eigenvalue weighted by atomic mass is 10.2. The lowest BCUT2D eigenvalue weighted by molar-refractivity contribution is 0.268. The first-order valence-electron chi connectivity index (χ1n) is 6.37. The highest BCUT2D eigenvalue weighted by Crippen LogP contribution is 2.12. The van der Waals surface area contributed by atoms with Crippen molar-refractivity contribution < 1.29 is 0 Å². The molecule has 0 bridgehead atoms. The molecule has 0 aliphatic carbocycles. The Balaban J connectivity index is 1.57. The average molecular weight is 253 g/mol. The molecule has 0 radical (unpaired) electrons. The van der Waals surface area contributed by atoms with Gasteiger partial charge in [0.1, 0.15) is 0 Å². The Morgan fingerprint density at radius 2 is 2.41 bits per heavy atom. The number of nitrogens with zero attached hydrogens (tertiary/aromatic N) is 2. The third-order valence-corrected chi connectivity index (χ3v) is 4.34. The third kappa shape index (κ3) is 4.07. The van der Waals surface area contributed by atoms with E-state index in [1.54, 1.807) is 0 Å². The molecule has 1 saturated heterocycles. The van der Waals surface area contributed by atoms with Crippen LogP contribution < -0.4 is 5.32 Å². The van der Waals surface area contributed by atoms with Crippen molar-refractivity contribution in [2.24, 2.45) is 0 Å². The molecule has 0 saturated carbocycles. The molecule has 1 aromatic rings. The predicted octanol–water partition coefficient (Wildman–Crippen LogP) is 1.47. The largest absolute Gasteiger partial charge is 0.311 e. The van der Waals surface area contributed by atoms with Crippen molar-refractivity contribution in [1.82, 2.24) is 15.1 Å². The maximum absolute atomic E-state index is 3.51. The molecule has 1 N–H and O–H groups in total. The molecular formula is C13H23N3S. The zero-order valence-corrected chi connectivity index (χ0v) is 11.7. The Bertz CT molecular complexity index is 310. The summed E-state index contributed by atoms with van der Waals surface area (Å²) in [5.74, 6) is 0. The first-order chi connectivity index (χ1) is 8.25. The minimum absolute atomic E-state index is 0.757. The summed E-state index contributed by atoms with van der Waals surface area (Å²) in [6, 6.07) is 5.06. The van der Waals surface area contributed by atoms with Gasteiger partial charge in [-0.3, -0.25) is 0 Å². The van der Waals surface area contributed by atoms with Crippen LogP contribution in [-0.2, 0) is 6.54 Å². The molecule has 1 fully saturated rings. The fraction of sp³-hybridized carbons (Fsp3) is 0.692. The van der Waals surface area contributed by atoms with E-state index in [1.165, 1.54) is 30.9 Å². The summed E-state index contributed by atoms with van der Waals surface area (Å²) in [5.41, 5.74) is 0. The second-order valence-electron chi connectivity index (χ2n) is 4.96. The zero-order valence-electron chi connectivity index (χ0n) is 10.9. The van der Waals surface area contributed by atoms with Gasteiger partial charge in [-0.15, -0.1) is 11.3 Å². The van der Waals surface area contributed by atoms with Gasteiger partial charge in [0, 0.05) is 37.1 Å². The van der Waals surface area contributed by atoms with Crippen molar-refractivity contribution in [2.45, 2.75) is 19.0 Å². The first-order valence-corrected chi connectivity index (χ1v) is 7.25. The van der Waals surface area contributed by atoms with Crippen molar-refractivity contribution >= 4 is 11.3 Å². The molecule has 0 amide bonds. The fourth-order valence-corrected chi connectivity index (χ4v) is 2.97. The fourth-order valence-electron chi connectivity index (χ4n) is 2.30. The van der Waals surface area contributed by atoms with Gasteiger partial charge in [0.2, 0.25) is 0 Å². The molecular weight excluding hydrogens is 230 g/mol. The minimum atomic E-state index is 0.757. The lowest BCUT2D eigenvalue weighted by Crippen LogP contribution is -2.34. The summed E-state index contributed by atoms with van der Waals surface area (Å²) >= 11 is 1.83. The summed E-state index contributed by atoms with van der Waals surface area (Å²) in [5, 5.41) is 5.65. The molecule has 1 aliphatic heterocycles. The number of likely N-dealkylation sites (tertiary alicyclic amines) is 1. The van der Waals surface area contributed by atoms with E-state index >= 15 is 0 Å². The molecule has 1 aliphatic rings. The van der Waals surface area contributed by atoms with E-state index in [0.29, 0.717) is 0 Å². The Morgan fingerprint density at radius 1 is 1.53 bits per heavy atom. The second kappa shape index (κ2) is 6.50. The number of hydrogen-bond acceptors (Lipinski definition) is 4. The van der Waals surface area contributed by atoms with E-state index in [2.05, 4.69) is 46.7 Å². The molecule has 2 rings (SSSR count). The molecule has 96 valence electrons. The third-order valence-electron chi connectivity index (χ3n) is 3.46. The molecule has 1 unspecified atom stereocenters. The summed E-state index contributed by atoms with van der Waals surface area (Å²) in [4.78, 5) is 6.34. The van der Waals surface area contributed by atoms with Gasteiger partial charge in [-0.2, -0.15) is 0 Å². The predicted molar refractivity (Wildman–Crippen MR) is 74.6 cm³/mol.